The van der Waals surface area contributed by atoms with Crippen LogP contribution in [0.25, 0.3) is 0 Å². The molecule has 0 saturated heterocycles. The van der Waals surface area contributed by atoms with Crippen LogP contribution in [0.5, 0.6) is 0 Å². The quantitative estimate of drug-likeness (QED) is 0.557. The molecule has 9 heteroatoms. The monoisotopic (exact) mass is 473 g/mol. The number of carbonyl (C=O) groups is 3. The number of hydrogen-bond acceptors (Lipinski definition) is 6. The molecule has 0 saturated carbocycles. The Morgan fingerprint density at radius 2 is 1.69 bits per heavy atom. The molecular formula is C23H24ClN3O4S. The minimum atomic E-state index is -1.25. The predicted molar refractivity (Wildman–Crippen MR) is 126 cm³/mol. The molecule has 0 fully saturated rings. The molecule has 3 N–H and O–H groups in total. The number of carboxylic acid groups (broad SMARTS) is 1. The average Bonchev–Trinajstić information content (AvgIpc) is 3.10. The number of amides is 1. The fraction of sp³-hybridized carbons (Fsp3) is 0.261. The smallest absolute Gasteiger partial charge is 0.356 e. The predicted octanol–water partition coefficient (Wildman–Crippen LogP) is 4.07. The van der Waals surface area contributed by atoms with Crippen molar-refractivity contribution in [2.75, 3.05) is 11.2 Å². The first-order valence-electron chi connectivity index (χ1n) is 9.79. The Labute approximate surface area is 195 Å². The standard InChI is InChI=1S/C23H24ClN3O4S/c1-14(28)22(2,3)23(32-4)26-19(25-20(29)15-10-12-16(24)13-11-15)18(21(30)31)27(23)17-8-6-5-7-9-17/h5-13,26H,1-4H3,(H,25,29)(H,30,31). The lowest BCUT2D eigenvalue weighted by molar-refractivity contribution is -0.133. The maximum Gasteiger partial charge on any atom is 0.356 e. The number of nitrogens with one attached hydrogen (secondary N) is 2. The van der Waals surface area contributed by atoms with Gasteiger partial charge in [-0.1, -0.05) is 29.8 Å². The van der Waals surface area contributed by atoms with Gasteiger partial charge in [0.1, 0.15) is 11.6 Å². The lowest BCUT2D eigenvalue weighted by Gasteiger charge is -2.48. The lowest BCUT2D eigenvalue weighted by Crippen LogP contribution is -2.63. The Bertz CT molecular complexity index is 1090. The van der Waals surface area contributed by atoms with Crippen molar-refractivity contribution >= 4 is 46.7 Å². The third-order valence-corrected chi connectivity index (χ3v) is 7.29. The zero-order valence-electron chi connectivity index (χ0n) is 18.1. The molecule has 1 amide bonds. The number of Topliss-reactive ketones (excluding diaryl/α,β-unsaturated/α-hetero) is 1. The summed E-state index contributed by atoms with van der Waals surface area (Å²) < 4.78 is 0. The fourth-order valence-electron chi connectivity index (χ4n) is 3.59. The number of para-hydroxylation sites is 1. The molecule has 1 heterocycles. The zero-order chi connectivity index (χ0) is 23.7. The van der Waals surface area contributed by atoms with Gasteiger partial charge in [0.2, 0.25) is 0 Å². The molecule has 2 aromatic carbocycles. The van der Waals surface area contributed by atoms with E-state index in [4.69, 9.17) is 11.6 Å². The van der Waals surface area contributed by atoms with E-state index in [1.54, 1.807) is 73.5 Å². The van der Waals surface area contributed by atoms with Crippen LogP contribution in [0.15, 0.2) is 66.1 Å². The Balaban J connectivity index is 2.17. The summed E-state index contributed by atoms with van der Waals surface area (Å²) in [5.41, 5.74) is -0.332. The number of nitrogens with zero attached hydrogens (tertiary/aromatic N) is 1. The van der Waals surface area contributed by atoms with Crippen LogP contribution < -0.4 is 15.5 Å². The van der Waals surface area contributed by atoms with Gasteiger partial charge in [-0.2, -0.15) is 0 Å². The zero-order valence-corrected chi connectivity index (χ0v) is 19.7. The summed E-state index contributed by atoms with van der Waals surface area (Å²) >= 11 is 7.19. The minimum Gasteiger partial charge on any atom is -0.476 e. The second-order valence-electron chi connectivity index (χ2n) is 7.82. The number of carboxylic acids is 1. The highest BCUT2D eigenvalue weighted by Gasteiger charge is 2.59. The van der Waals surface area contributed by atoms with E-state index in [1.807, 2.05) is 6.07 Å². The minimum absolute atomic E-state index is 0.00461. The van der Waals surface area contributed by atoms with Crippen LogP contribution in [0.1, 0.15) is 31.1 Å². The number of carbonyl (C=O) groups excluding carboxylic acids is 2. The highest BCUT2D eigenvalue weighted by atomic mass is 35.5. The van der Waals surface area contributed by atoms with E-state index < -0.39 is 22.3 Å². The average molecular weight is 474 g/mol. The van der Waals surface area contributed by atoms with Crippen molar-refractivity contribution in [3.63, 3.8) is 0 Å². The largest absolute Gasteiger partial charge is 0.476 e. The first kappa shape index (κ1) is 23.7. The molecule has 1 aliphatic rings. The summed E-state index contributed by atoms with van der Waals surface area (Å²) in [7, 11) is 0. The van der Waals surface area contributed by atoms with Crippen LogP contribution in [-0.4, -0.2) is 34.0 Å². The van der Waals surface area contributed by atoms with Crippen LogP contribution in [0.4, 0.5) is 5.69 Å². The number of halogens is 1. The van der Waals surface area contributed by atoms with Gasteiger partial charge < -0.3 is 15.7 Å². The molecule has 0 aliphatic carbocycles. The first-order valence-corrected chi connectivity index (χ1v) is 11.4. The van der Waals surface area contributed by atoms with Crippen molar-refractivity contribution in [2.45, 2.75) is 25.8 Å². The van der Waals surface area contributed by atoms with Crippen molar-refractivity contribution in [1.29, 1.82) is 0 Å². The normalized spacial score (nSPS) is 18.3. The SMILES string of the molecule is CSC1(C(C)(C)C(C)=O)NC(NC(=O)c2ccc(Cl)cc2)=C(C(=O)O)N1c1ccccc1. The topological polar surface area (TPSA) is 98.7 Å². The van der Waals surface area contributed by atoms with Crippen molar-refractivity contribution < 1.29 is 19.5 Å². The summed E-state index contributed by atoms with van der Waals surface area (Å²) in [6, 6.07) is 15.1. The van der Waals surface area contributed by atoms with Crippen LogP contribution in [0, 0.1) is 5.41 Å². The fourth-order valence-corrected chi connectivity index (χ4v) is 4.96. The molecule has 1 aliphatic heterocycles. The molecule has 0 spiro atoms. The molecule has 0 radical (unpaired) electrons. The first-order chi connectivity index (χ1) is 15.0. The number of ketones is 1. The summed E-state index contributed by atoms with van der Waals surface area (Å²) in [5.74, 6) is -1.89. The van der Waals surface area contributed by atoms with E-state index in [-0.39, 0.29) is 17.3 Å². The Hall–Kier alpha value is -2.97. The second kappa shape index (κ2) is 8.88. The van der Waals surface area contributed by atoms with Crippen molar-refractivity contribution in [3.05, 3.63) is 76.7 Å². The molecule has 2 aromatic rings. The third-order valence-electron chi connectivity index (χ3n) is 5.65. The van der Waals surface area contributed by atoms with Crippen molar-refractivity contribution in [1.82, 2.24) is 10.6 Å². The Kier molecular flexibility index (Phi) is 6.57. The molecule has 0 aromatic heterocycles. The van der Waals surface area contributed by atoms with E-state index >= 15 is 0 Å². The van der Waals surface area contributed by atoms with Gasteiger partial charge in [0.05, 0.1) is 5.41 Å². The number of aliphatic carboxylic acids is 1. The van der Waals surface area contributed by atoms with Crippen molar-refractivity contribution in [3.8, 4) is 0 Å². The van der Waals surface area contributed by atoms with E-state index in [0.29, 0.717) is 16.3 Å². The van der Waals surface area contributed by atoms with E-state index in [9.17, 15) is 19.5 Å². The van der Waals surface area contributed by atoms with Crippen LogP contribution in [-0.2, 0) is 9.59 Å². The van der Waals surface area contributed by atoms with Gasteiger partial charge in [-0.05, 0) is 63.4 Å². The molecule has 168 valence electrons. The summed E-state index contributed by atoms with van der Waals surface area (Å²) in [4.78, 5) is 38.4. The maximum atomic E-state index is 12.9. The van der Waals surface area contributed by atoms with E-state index in [1.165, 1.54) is 18.7 Å². The second-order valence-corrected chi connectivity index (χ2v) is 9.25. The molecule has 3 rings (SSSR count). The number of rotatable bonds is 7. The third kappa shape index (κ3) is 3.96. The molecule has 1 unspecified atom stereocenters. The van der Waals surface area contributed by atoms with E-state index in [2.05, 4.69) is 10.6 Å². The molecule has 32 heavy (non-hydrogen) atoms. The van der Waals surface area contributed by atoms with Crippen LogP contribution in [0.3, 0.4) is 0 Å². The van der Waals surface area contributed by atoms with Gasteiger partial charge in [0.25, 0.3) is 5.91 Å². The van der Waals surface area contributed by atoms with Crippen LogP contribution in [0.2, 0.25) is 5.02 Å². The number of benzene rings is 2. The molecule has 7 nitrogen and oxygen atoms in total. The molecule has 0 bridgehead atoms. The number of anilines is 1. The van der Waals surface area contributed by atoms with Gasteiger partial charge in [-0.15, -0.1) is 11.8 Å². The Morgan fingerprint density at radius 1 is 1.09 bits per heavy atom. The lowest BCUT2D eigenvalue weighted by atomic mass is 9.83. The number of hydrogen-bond donors (Lipinski definition) is 3. The van der Waals surface area contributed by atoms with Gasteiger partial charge in [-0.25, -0.2) is 4.79 Å². The number of thioether (sulfide) groups is 1. The molecule has 1 atom stereocenters. The molecular weight excluding hydrogens is 450 g/mol. The summed E-state index contributed by atoms with van der Waals surface area (Å²) in [6.07, 6.45) is 1.79. The Morgan fingerprint density at radius 3 is 2.19 bits per heavy atom. The van der Waals surface area contributed by atoms with Crippen LogP contribution >= 0.6 is 23.4 Å². The van der Waals surface area contributed by atoms with Crippen molar-refractivity contribution in [2.24, 2.45) is 5.41 Å². The maximum absolute atomic E-state index is 12.9. The van der Waals surface area contributed by atoms with Gasteiger partial charge in [-0.3, -0.25) is 14.5 Å². The van der Waals surface area contributed by atoms with Gasteiger partial charge in [0.15, 0.2) is 10.7 Å². The summed E-state index contributed by atoms with van der Waals surface area (Å²) in [6.45, 7) is 4.96. The highest BCUT2D eigenvalue weighted by molar-refractivity contribution is 8.00. The van der Waals surface area contributed by atoms with Gasteiger partial charge >= 0.3 is 5.97 Å². The summed E-state index contributed by atoms with van der Waals surface area (Å²) in [5, 5.41) is 16.5. The van der Waals surface area contributed by atoms with E-state index in [0.717, 1.165) is 0 Å². The highest BCUT2D eigenvalue weighted by Crippen LogP contribution is 2.50. The van der Waals surface area contributed by atoms with Gasteiger partial charge in [0, 0.05) is 16.3 Å².